The molecule has 5 rings (SSSR count). The molecule has 2 amide bonds. The van der Waals surface area contributed by atoms with Crippen LogP contribution in [0.5, 0.6) is 0 Å². The maximum absolute atomic E-state index is 12.5. The minimum Gasteiger partial charge on any atom is -0.266 e. The van der Waals surface area contributed by atoms with Gasteiger partial charge in [-0.2, -0.15) is 0 Å². The number of carbonyl (C=O) groups is 2. The molecule has 24 heavy (non-hydrogen) atoms. The Bertz CT molecular complexity index is 984. The van der Waals surface area contributed by atoms with E-state index in [0.717, 1.165) is 16.0 Å². The Balaban J connectivity index is 1.52. The smallest absolute Gasteiger partial charge is 0.266 e. The number of hydrogen-bond donors (Lipinski definition) is 0. The lowest BCUT2D eigenvalue weighted by atomic mass is 10.1. The van der Waals surface area contributed by atoms with E-state index in [9.17, 15) is 9.59 Å². The van der Waals surface area contributed by atoms with Gasteiger partial charge in [-0.25, -0.2) is 0 Å². The summed E-state index contributed by atoms with van der Waals surface area (Å²) in [5.41, 5.74) is 3.01. The number of fused-ring (bicyclic) bond motifs is 1. The van der Waals surface area contributed by atoms with E-state index in [4.69, 9.17) is 4.84 Å². The van der Waals surface area contributed by atoms with Crippen LogP contribution < -0.4 is 0 Å². The first-order valence-corrected chi connectivity index (χ1v) is 7.89. The summed E-state index contributed by atoms with van der Waals surface area (Å²) in [5.74, 6) is -0.780. The fourth-order valence-corrected chi connectivity index (χ4v) is 3.68. The van der Waals surface area contributed by atoms with Crippen LogP contribution in [0.4, 0.5) is 0 Å². The number of rotatable bonds is 2. The molecule has 1 unspecified atom stereocenters. The van der Waals surface area contributed by atoms with E-state index in [2.05, 4.69) is 18.2 Å². The van der Waals surface area contributed by atoms with Gasteiger partial charge in [0.2, 0.25) is 0 Å². The number of amides is 2. The molecule has 0 saturated heterocycles. The Morgan fingerprint density at radius 3 is 2.21 bits per heavy atom. The average molecular weight is 315 g/mol. The Morgan fingerprint density at radius 2 is 1.50 bits per heavy atom. The first-order chi connectivity index (χ1) is 11.7. The summed E-state index contributed by atoms with van der Waals surface area (Å²) < 4.78 is 0. The Labute approximate surface area is 138 Å². The highest BCUT2D eigenvalue weighted by atomic mass is 16.7. The molecule has 4 nitrogen and oxygen atoms in total. The van der Waals surface area contributed by atoms with Crippen molar-refractivity contribution in [3.8, 4) is 0 Å². The lowest BCUT2D eigenvalue weighted by Crippen LogP contribution is -2.31. The number of hydrogen-bond acceptors (Lipinski definition) is 3. The van der Waals surface area contributed by atoms with Crippen LogP contribution in [0.1, 0.15) is 37.9 Å². The fraction of sp³-hybridized carbons (Fsp3) is 0.100. The van der Waals surface area contributed by atoms with E-state index in [1.807, 2.05) is 18.2 Å². The van der Waals surface area contributed by atoms with E-state index < -0.39 is 11.8 Å². The van der Waals surface area contributed by atoms with Crippen molar-refractivity contribution in [1.82, 2.24) is 5.06 Å². The molecule has 3 aromatic carbocycles. The molecule has 1 aliphatic carbocycles. The SMILES string of the molecule is O=C1c2ccccc2C(=O)N1OC1Cc2cccc3cccc1c23. The minimum absolute atomic E-state index is 0.326. The molecule has 0 bridgehead atoms. The summed E-state index contributed by atoms with van der Waals surface area (Å²) in [4.78, 5) is 30.9. The second kappa shape index (κ2) is 4.76. The van der Waals surface area contributed by atoms with Crippen molar-refractivity contribution < 1.29 is 14.4 Å². The van der Waals surface area contributed by atoms with Gasteiger partial charge in [0.25, 0.3) is 11.8 Å². The molecule has 1 heterocycles. The summed E-state index contributed by atoms with van der Waals surface area (Å²) in [6, 6.07) is 19.0. The van der Waals surface area contributed by atoms with Crippen molar-refractivity contribution in [3.05, 3.63) is 82.9 Å². The van der Waals surface area contributed by atoms with Crippen LogP contribution >= 0.6 is 0 Å². The van der Waals surface area contributed by atoms with Gasteiger partial charge in [0.15, 0.2) is 0 Å². The van der Waals surface area contributed by atoms with E-state index in [0.29, 0.717) is 17.5 Å². The molecule has 0 N–H and O–H groups in total. The van der Waals surface area contributed by atoms with E-state index in [1.165, 1.54) is 10.9 Å². The third-order valence-corrected chi connectivity index (χ3v) is 4.76. The molecule has 3 aromatic rings. The Kier molecular flexibility index (Phi) is 2.67. The van der Waals surface area contributed by atoms with Crippen LogP contribution in [0.2, 0.25) is 0 Å². The highest BCUT2D eigenvalue weighted by Crippen LogP contribution is 2.40. The van der Waals surface area contributed by atoms with Crippen LogP contribution in [-0.4, -0.2) is 16.9 Å². The first kappa shape index (κ1) is 13.5. The van der Waals surface area contributed by atoms with Crippen LogP contribution in [0, 0.1) is 0 Å². The van der Waals surface area contributed by atoms with Gasteiger partial charge in [-0.1, -0.05) is 48.5 Å². The minimum atomic E-state index is -0.390. The lowest BCUT2D eigenvalue weighted by Gasteiger charge is -2.19. The topological polar surface area (TPSA) is 46.6 Å². The predicted octanol–water partition coefficient (Wildman–Crippen LogP) is 3.66. The number of benzene rings is 3. The normalized spacial score (nSPS) is 18.5. The standard InChI is InChI=1S/C20H13NO3/c22-19-14-8-1-2-9-15(14)20(23)21(19)24-17-11-13-7-3-5-12-6-4-10-16(17)18(12)13/h1-10,17H,11H2. The Morgan fingerprint density at radius 1 is 0.833 bits per heavy atom. The molecule has 0 aromatic heterocycles. The first-order valence-electron chi connectivity index (χ1n) is 7.89. The van der Waals surface area contributed by atoms with Crippen molar-refractivity contribution >= 4 is 22.6 Å². The quantitative estimate of drug-likeness (QED) is 0.678. The molecular formula is C20H13NO3. The second-order valence-corrected chi connectivity index (χ2v) is 6.11. The number of imide groups is 1. The zero-order chi connectivity index (χ0) is 16.3. The summed E-state index contributed by atoms with van der Waals surface area (Å²) in [7, 11) is 0. The van der Waals surface area contributed by atoms with Crippen LogP contribution in [0.25, 0.3) is 10.8 Å². The zero-order valence-electron chi connectivity index (χ0n) is 12.7. The highest BCUT2D eigenvalue weighted by molar-refractivity contribution is 6.20. The fourth-order valence-electron chi connectivity index (χ4n) is 3.68. The summed E-state index contributed by atoms with van der Waals surface area (Å²) in [6.07, 6.45) is 0.331. The molecular weight excluding hydrogens is 302 g/mol. The van der Waals surface area contributed by atoms with Gasteiger partial charge >= 0.3 is 0 Å². The lowest BCUT2D eigenvalue weighted by molar-refractivity contribution is -0.132. The molecule has 1 atom stereocenters. The highest BCUT2D eigenvalue weighted by Gasteiger charge is 2.39. The van der Waals surface area contributed by atoms with Gasteiger partial charge in [-0.3, -0.25) is 14.4 Å². The van der Waals surface area contributed by atoms with Gasteiger partial charge in [-0.15, -0.1) is 5.06 Å². The van der Waals surface area contributed by atoms with Crippen LogP contribution in [0.3, 0.4) is 0 Å². The van der Waals surface area contributed by atoms with Crippen molar-refractivity contribution in [1.29, 1.82) is 0 Å². The van der Waals surface area contributed by atoms with Crippen molar-refractivity contribution in [2.24, 2.45) is 0 Å². The molecule has 1 aliphatic heterocycles. The number of hydroxylamine groups is 2. The van der Waals surface area contributed by atoms with Crippen LogP contribution in [-0.2, 0) is 11.3 Å². The average Bonchev–Trinajstić information content (AvgIpc) is 3.09. The summed E-state index contributed by atoms with van der Waals surface area (Å²) >= 11 is 0. The van der Waals surface area contributed by atoms with Crippen molar-refractivity contribution in [2.45, 2.75) is 12.5 Å². The summed E-state index contributed by atoms with van der Waals surface area (Å²) in [5, 5.41) is 3.24. The molecule has 2 aliphatic rings. The van der Waals surface area contributed by atoms with Gasteiger partial charge in [0.05, 0.1) is 11.1 Å². The van der Waals surface area contributed by atoms with Crippen molar-refractivity contribution in [2.75, 3.05) is 0 Å². The molecule has 0 fully saturated rings. The number of carbonyl (C=O) groups excluding carboxylic acids is 2. The summed E-state index contributed by atoms with van der Waals surface area (Å²) in [6.45, 7) is 0. The Hall–Kier alpha value is -2.98. The maximum Gasteiger partial charge on any atom is 0.285 e. The maximum atomic E-state index is 12.5. The van der Waals surface area contributed by atoms with Crippen LogP contribution in [0.15, 0.2) is 60.7 Å². The zero-order valence-corrected chi connectivity index (χ0v) is 12.7. The van der Waals surface area contributed by atoms with E-state index in [-0.39, 0.29) is 6.10 Å². The second-order valence-electron chi connectivity index (χ2n) is 6.11. The van der Waals surface area contributed by atoms with Gasteiger partial charge in [0, 0.05) is 6.42 Å². The molecule has 4 heteroatoms. The third kappa shape index (κ3) is 1.71. The van der Waals surface area contributed by atoms with Crippen molar-refractivity contribution in [3.63, 3.8) is 0 Å². The van der Waals surface area contributed by atoms with E-state index in [1.54, 1.807) is 24.3 Å². The predicted molar refractivity (Wildman–Crippen MR) is 88.4 cm³/mol. The number of nitrogens with zero attached hydrogens (tertiary/aromatic N) is 1. The molecule has 116 valence electrons. The largest absolute Gasteiger partial charge is 0.285 e. The third-order valence-electron chi connectivity index (χ3n) is 4.76. The molecule has 0 spiro atoms. The van der Waals surface area contributed by atoms with Gasteiger partial charge < -0.3 is 0 Å². The van der Waals surface area contributed by atoms with E-state index >= 15 is 0 Å². The molecule has 0 saturated carbocycles. The monoisotopic (exact) mass is 315 g/mol. The van der Waals surface area contributed by atoms with Gasteiger partial charge in [-0.05, 0) is 34.0 Å². The molecule has 0 radical (unpaired) electrons. The van der Waals surface area contributed by atoms with Gasteiger partial charge in [0.1, 0.15) is 6.10 Å².